The first-order chi connectivity index (χ1) is 20.5. The Kier molecular flexibility index (Phi) is 8.05. The van der Waals surface area contributed by atoms with Gasteiger partial charge in [0.2, 0.25) is 0 Å². The topological polar surface area (TPSA) is 83.9 Å². The third-order valence-corrected chi connectivity index (χ3v) is 9.24. The average molecular weight is 617 g/mol. The highest BCUT2D eigenvalue weighted by atomic mass is 35.5. The van der Waals surface area contributed by atoms with Crippen LogP contribution >= 0.6 is 11.6 Å². The zero-order valence-corrected chi connectivity index (χ0v) is 26.0. The summed E-state index contributed by atoms with van der Waals surface area (Å²) in [6.45, 7) is 10.7. The Balaban J connectivity index is 1.39. The number of ether oxygens (including phenoxy) is 2. The first-order valence-corrected chi connectivity index (χ1v) is 15.7. The van der Waals surface area contributed by atoms with Gasteiger partial charge in [-0.3, -0.25) is 4.90 Å². The Morgan fingerprint density at radius 2 is 2.00 bits per heavy atom. The van der Waals surface area contributed by atoms with Gasteiger partial charge >= 0.3 is 12.1 Å². The maximum absolute atomic E-state index is 15.7. The van der Waals surface area contributed by atoms with Crippen molar-refractivity contribution < 1.29 is 23.0 Å². The lowest BCUT2D eigenvalue weighted by molar-refractivity contribution is 0.0221. The fourth-order valence-electron chi connectivity index (χ4n) is 7.13. The normalized spacial score (nSPS) is 27.2. The highest BCUT2D eigenvalue weighted by Gasteiger charge is 2.49. The lowest BCUT2D eigenvalue weighted by atomic mass is 9.95. The van der Waals surface area contributed by atoms with Gasteiger partial charge in [0.25, 0.3) is 0 Å². The number of pyridine rings is 1. The van der Waals surface area contributed by atoms with E-state index in [2.05, 4.69) is 31.6 Å². The van der Waals surface area contributed by atoms with E-state index in [9.17, 15) is 9.18 Å². The molecule has 0 spiro atoms. The molecule has 6 heterocycles. The predicted molar refractivity (Wildman–Crippen MR) is 160 cm³/mol. The Morgan fingerprint density at radius 3 is 2.77 bits per heavy atom. The highest BCUT2D eigenvalue weighted by Crippen LogP contribution is 2.41. The molecule has 4 aliphatic heterocycles. The van der Waals surface area contributed by atoms with Crippen LogP contribution in [0.5, 0.6) is 6.01 Å². The number of anilines is 1. The van der Waals surface area contributed by atoms with Crippen LogP contribution in [0.25, 0.3) is 10.9 Å². The molecule has 9 nitrogen and oxygen atoms in total. The zero-order valence-electron chi connectivity index (χ0n) is 25.3. The molecule has 4 atom stereocenters. The molecular weight excluding hydrogens is 578 g/mol. The Bertz CT molecular complexity index is 1480. The predicted octanol–water partition coefficient (Wildman–Crippen LogP) is 5.37. The number of aromatic nitrogens is 3. The molecule has 0 aliphatic carbocycles. The SMILES string of the molecule is CCC#Cc1nc(Cl)c(F)c2nc(OC[C@@]34CCCN3C[C@H](F)C4)nc(N3CCC4CC(C3)N(C(=O)OC(C)(C)C)C4)c12. The summed E-state index contributed by atoms with van der Waals surface area (Å²) >= 11 is 6.24. The van der Waals surface area contributed by atoms with Crippen molar-refractivity contribution in [3.63, 3.8) is 0 Å². The number of fused-ring (bicyclic) bond motifs is 4. The summed E-state index contributed by atoms with van der Waals surface area (Å²) in [7, 11) is 0. The van der Waals surface area contributed by atoms with Crippen LogP contribution in [0.2, 0.25) is 5.15 Å². The zero-order chi connectivity index (χ0) is 30.5. The fourth-order valence-corrected chi connectivity index (χ4v) is 7.30. The molecule has 43 heavy (non-hydrogen) atoms. The van der Waals surface area contributed by atoms with E-state index in [0.29, 0.717) is 61.8 Å². The van der Waals surface area contributed by atoms with E-state index in [1.165, 1.54) is 0 Å². The standard InChI is InChI=1S/C31H39ClF2N6O3/c1-5-6-8-22-23-25(24(34)26(32)35-22)36-28(42-18-31-10-7-11-39(31)16-20(33)14-31)37-27(23)38-12-9-19-13-21(17-38)40(15-19)29(41)43-30(2,3)4/h19-21H,5,7,9-18H2,1-4H3/t19?,20-,21?,31+/m1/s1. The van der Waals surface area contributed by atoms with Crippen LogP contribution in [-0.4, -0.2) is 93.5 Å². The van der Waals surface area contributed by atoms with Gasteiger partial charge in [0.1, 0.15) is 35.4 Å². The number of halogens is 3. The smallest absolute Gasteiger partial charge is 0.410 e. The summed E-state index contributed by atoms with van der Waals surface area (Å²) in [6.07, 6.45) is 3.17. The van der Waals surface area contributed by atoms with Crippen molar-refractivity contribution in [2.24, 2.45) is 5.92 Å². The second-order valence-electron chi connectivity index (χ2n) is 13.3. The number of likely N-dealkylation sites (tertiary alicyclic amines) is 1. The molecule has 2 unspecified atom stereocenters. The molecule has 6 rings (SSSR count). The van der Waals surface area contributed by atoms with Gasteiger partial charge in [0.05, 0.1) is 17.0 Å². The van der Waals surface area contributed by atoms with Gasteiger partial charge in [0.15, 0.2) is 11.0 Å². The molecule has 0 aromatic carbocycles. The van der Waals surface area contributed by atoms with Crippen molar-refractivity contribution in [1.82, 2.24) is 24.8 Å². The van der Waals surface area contributed by atoms with Crippen molar-refractivity contribution in [1.29, 1.82) is 0 Å². The second-order valence-corrected chi connectivity index (χ2v) is 13.6. The van der Waals surface area contributed by atoms with E-state index in [1.807, 2.05) is 27.7 Å². The molecule has 2 bridgehead atoms. The minimum atomic E-state index is -0.903. The monoisotopic (exact) mass is 616 g/mol. The van der Waals surface area contributed by atoms with Crippen molar-refractivity contribution in [3.8, 4) is 17.9 Å². The molecule has 0 radical (unpaired) electrons. The third kappa shape index (κ3) is 5.93. The summed E-state index contributed by atoms with van der Waals surface area (Å²) in [6, 6.07) is -0.113. The summed E-state index contributed by atoms with van der Waals surface area (Å²) in [5.74, 6) is 6.01. The molecule has 0 N–H and O–H groups in total. The summed E-state index contributed by atoms with van der Waals surface area (Å²) < 4.78 is 42.0. The summed E-state index contributed by atoms with van der Waals surface area (Å²) in [5.41, 5.74) is -0.752. The number of carbonyl (C=O) groups is 1. The van der Waals surface area contributed by atoms with E-state index in [0.717, 1.165) is 32.2 Å². The summed E-state index contributed by atoms with van der Waals surface area (Å²) in [5, 5.41) is 0.0355. The van der Waals surface area contributed by atoms with Crippen molar-refractivity contribution >= 4 is 34.4 Å². The van der Waals surface area contributed by atoms with Crippen LogP contribution in [0.1, 0.15) is 71.9 Å². The number of hydrogen-bond acceptors (Lipinski definition) is 8. The molecule has 232 valence electrons. The lowest BCUT2D eigenvalue weighted by Gasteiger charge is -2.34. The number of carbonyl (C=O) groups excluding carboxylic acids is 1. The quantitative estimate of drug-likeness (QED) is 0.335. The Morgan fingerprint density at radius 1 is 1.19 bits per heavy atom. The molecule has 12 heteroatoms. The van der Waals surface area contributed by atoms with Gasteiger partial charge in [-0.15, -0.1) is 0 Å². The van der Waals surface area contributed by atoms with Crippen LogP contribution in [-0.2, 0) is 4.74 Å². The van der Waals surface area contributed by atoms with Crippen LogP contribution in [0.3, 0.4) is 0 Å². The minimum absolute atomic E-state index is 0.00000494. The number of amides is 1. The van der Waals surface area contributed by atoms with Gasteiger partial charge in [-0.2, -0.15) is 9.97 Å². The van der Waals surface area contributed by atoms with Gasteiger partial charge in [0, 0.05) is 39.0 Å². The average Bonchev–Trinajstić information content (AvgIpc) is 3.55. The molecule has 4 aliphatic rings. The summed E-state index contributed by atoms with van der Waals surface area (Å²) in [4.78, 5) is 32.7. The number of nitrogens with zero attached hydrogens (tertiary/aromatic N) is 6. The first kappa shape index (κ1) is 30.1. The van der Waals surface area contributed by atoms with Crippen LogP contribution in [0.15, 0.2) is 0 Å². The van der Waals surface area contributed by atoms with Crippen LogP contribution in [0.4, 0.5) is 19.4 Å². The number of rotatable bonds is 4. The van der Waals surface area contributed by atoms with Crippen LogP contribution < -0.4 is 9.64 Å². The van der Waals surface area contributed by atoms with Gasteiger partial charge in [-0.05, 0) is 64.8 Å². The molecule has 0 saturated carbocycles. The first-order valence-electron chi connectivity index (χ1n) is 15.3. The van der Waals surface area contributed by atoms with Gasteiger partial charge in [-0.25, -0.2) is 18.6 Å². The number of alkyl halides is 1. The van der Waals surface area contributed by atoms with E-state index in [4.69, 9.17) is 26.1 Å². The molecular formula is C31H39ClF2N6O3. The van der Waals surface area contributed by atoms with Crippen molar-refractivity contribution in [2.45, 2.75) is 89.6 Å². The lowest BCUT2D eigenvalue weighted by Crippen LogP contribution is -2.46. The van der Waals surface area contributed by atoms with E-state index >= 15 is 4.39 Å². The molecule has 2 aromatic rings. The van der Waals surface area contributed by atoms with Crippen LogP contribution in [0, 0.1) is 23.6 Å². The fraction of sp³-hybridized carbons (Fsp3) is 0.677. The molecule has 4 fully saturated rings. The maximum Gasteiger partial charge on any atom is 0.410 e. The van der Waals surface area contributed by atoms with E-state index < -0.39 is 23.1 Å². The van der Waals surface area contributed by atoms with E-state index in [-0.39, 0.29) is 35.4 Å². The van der Waals surface area contributed by atoms with Gasteiger partial charge in [-0.1, -0.05) is 24.4 Å². The largest absolute Gasteiger partial charge is 0.461 e. The Hall–Kier alpha value is -2.97. The maximum atomic E-state index is 15.7. The number of hydrogen-bond donors (Lipinski definition) is 0. The second kappa shape index (κ2) is 11.5. The van der Waals surface area contributed by atoms with Gasteiger partial charge < -0.3 is 19.3 Å². The highest BCUT2D eigenvalue weighted by molar-refractivity contribution is 6.30. The molecule has 2 aromatic heterocycles. The molecule has 4 saturated heterocycles. The minimum Gasteiger partial charge on any atom is -0.461 e. The Labute approximate surface area is 256 Å². The molecule has 1 amide bonds. The van der Waals surface area contributed by atoms with Crippen molar-refractivity contribution in [2.75, 3.05) is 44.2 Å². The van der Waals surface area contributed by atoms with Crippen molar-refractivity contribution in [3.05, 3.63) is 16.7 Å². The van der Waals surface area contributed by atoms with E-state index in [1.54, 1.807) is 4.90 Å². The third-order valence-electron chi connectivity index (χ3n) is 8.99.